The van der Waals surface area contributed by atoms with Crippen molar-refractivity contribution in [2.75, 3.05) is 6.26 Å². The van der Waals surface area contributed by atoms with E-state index < -0.39 is 21.9 Å². The van der Waals surface area contributed by atoms with Crippen molar-refractivity contribution in [2.45, 2.75) is 17.9 Å². The van der Waals surface area contributed by atoms with E-state index in [1.807, 2.05) is 18.2 Å². The van der Waals surface area contributed by atoms with Crippen molar-refractivity contribution in [2.24, 2.45) is 0 Å². The van der Waals surface area contributed by atoms with E-state index in [-0.39, 0.29) is 16.2 Å². The van der Waals surface area contributed by atoms with Crippen LogP contribution in [0.5, 0.6) is 0 Å². The lowest BCUT2D eigenvalue weighted by atomic mass is 10.1. The molecular weight excluding hydrogens is 354 g/mol. The summed E-state index contributed by atoms with van der Waals surface area (Å²) in [5.74, 6) is -1.22. The van der Waals surface area contributed by atoms with Crippen LogP contribution in [0.25, 0.3) is 10.9 Å². The van der Waals surface area contributed by atoms with Gasteiger partial charge in [-0.2, -0.15) is 0 Å². The standard InChI is InChI=1S/C19H17NO5S/c1-12(18(21)15-11-20-16-9-5-3-7-13(15)16)25-19(22)14-8-4-6-10-17(14)26(2,23)24/h3-12,20H,1-2H3/t12-/m0/s1. The molecule has 0 spiro atoms. The fourth-order valence-electron chi connectivity index (χ4n) is 2.73. The van der Waals surface area contributed by atoms with E-state index in [2.05, 4.69) is 4.98 Å². The van der Waals surface area contributed by atoms with Gasteiger partial charge in [-0.25, -0.2) is 13.2 Å². The van der Waals surface area contributed by atoms with Crippen LogP contribution in [0.1, 0.15) is 27.6 Å². The van der Waals surface area contributed by atoms with E-state index in [0.29, 0.717) is 5.56 Å². The van der Waals surface area contributed by atoms with Crippen molar-refractivity contribution in [1.82, 2.24) is 4.98 Å². The number of H-pyrrole nitrogens is 1. The normalized spacial score (nSPS) is 12.7. The highest BCUT2D eigenvalue weighted by Crippen LogP contribution is 2.21. The number of carbonyl (C=O) groups is 2. The van der Waals surface area contributed by atoms with Gasteiger partial charge in [0.1, 0.15) is 0 Å². The van der Waals surface area contributed by atoms with Gasteiger partial charge in [0.05, 0.1) is 10.5 Å². The van der Waals surface area contributed by atoms with E-state index in [9.17, 15) is 18.0 Å². The third-order valence-corrected chi connectivity index (χ3v) is 5.17. The summed E-state index contributed by atoms with van der Waals surface area (Å²) >= 11 is 0. The third-order valence-electron chi connectivity index (χ3n) is 4.01. The van der Waals surface area contributed by atoms with Crippen LogP contribution >= 0.6 is 0 Å². The lowest BCUT2D eigenvalue weighted by Crippen LogP contribution is -2.25. The van der Waals surface area contributed by atoms with Crippen molar-refractivity contribution in [1.29, 1.82) is 0 Å². The Morgan fingerprint density at radius 3 is 2.38 bits per heavy atom. The Bertz CT molecular complexity index is 1100. The van der Waals surface area contributed by atoms with Gasteiger partial charge in [0.15, 0.2) is 15.9 Å². The molecule has 0 aliphatic rings. The van der Waals surface area contributed by atoms with Crippen LogP contribution in [0.15, 0.2) is 59.6 Å². The SMILES string of the molecule is C[C@H](OC(=O)c1ccccc1S(C)(=O)=O)C(=O)c1c[nH]c2ccccc12. The molecule has 1 atom stereocenters. The summed E-state index contributed by atoms with van der Waals surface area (Å²) in [4.78, 5) is 27.9. The van der Waals surface area contributed by atoms with Crippen molar-refractivity contribution >= 4 is 32.5 Å². The van der Waals surface area contributed by atoms with Crippen molar-refractivity contribution < 1.29 is 22.7 Å². The number of rotatable bonds is 5. The number of fused-ring (bicyclic) bond motifs is 1. The molecular formula is C19H17NO5S. The van der Waals surface area contributed by atoms with Crippen molar-refractivity contribution in [3.8, 4) is 0 Å². The summed E-state index contributed by atoms with van der Waals surface area (Å²) in [5.41, 5.74) is 1.13. The number of aromatic amines is 1. The van der Waals surface area contributed by atoms with Gasteiger partial charge in [0, 0.05) is 28.9 Å². The van der Waals surface area contributed by atoms with Gasteiger partial charge in [-0.05, 0) is 25.1 Å². The van der Waals surface area contributed by atoms with Crippen molar-refractivity contribution in [3.63, 3.8) is 0 Å². The van der Waals surface area contributed by atoms with Gasteiger partial charge in [-0.3, -0.25) is 4.79 Å². The van der Waals surface area contributed by atoms with Crippen LogP contribution in [0.3, 0.4) is 0 Å². The number of esters is 1. The summed E-state index contributed by atoms with van der Waals surface area (Å²) in [6.45, 7) is 1.46. The maximum Gasteiger partial charge on any atom is 0.340 e. The van der Waals surface area contributed by atoms with Crippen LogP contribution in [-0.2, 0) is 14.6 Å². The number of carbonyl (C=O) groups excluding carboxylic acids is 2. The second-order valence-electron chi connectivity index (χ2n) is 5.93. The number of sulfone groups is 1. The van der Waals surface area contributed by atoms with Gasteiger partial charge in [0.2, 0.25) is 5.78 Å². The van der Waals surface area contributed by atoms with E-state index in [1.54, 1.807) is 12.3 Å². The molecule has 0 radical (unpaired) electrons. The molecule has 0 aliphatic heterocycles. The minimum atomic E-state index is -3.60. The predicted octanol–water partition coefficient (Wildman–Crippen LogP) is 3.00. The van der Waals surface area contributed by atoms with Crippen LogP contribution in [0, 0.1) is 0 Å². The second-order valence-corrected chi connectivity index (χ2v) is 7.91. The molecule has 0 unspecified atom stereocenters. The van der Waals surface area contributed by atoms with Gasteiger partial charge in [0.25, 0.3) is 0 Å². The van der Waals surface area contributed by atoms with Crippen LogP contribution < -0.4 is 0 Å². The molecule has 3 aromatic rings. The van der Waals surface area contributed by atoms with E-state index in [1.165, 1.54) is 31.2 Å². The molecule has 0 aliphatic carbocycles. The van der Waals surface area contributed by atoms with E-state index in [4.69, 9.17) is 4.74 Å². The third kappa shape index (κ3) is 3.39. The zero-order valence-corrected chi connectivity index (χ0v) is 15.0. The summed E-state index contributed by atoms with van der Waals surface area (Å²) in [7, 11) is -3.60. The minimum absolute atomic E-state index is 0.0893. The molecule has 7 heteroatoms. The molecule has 0 saturated carbocycles. The molecule has 134 valence electrons. The lowest BCUT2D eigenvalue weighted by Gasteiger charge is -2.13. The summed E-state index contributed by atoms with van der Waals surface area (Å²) in [5, 5.41) is 0.733. The first kappa shape index (κ1) is 17.9. The number of hydrogen-bond donors (Lipinski definition) is 1. The second kappa shape index (κ2) is 6.76. The van der Waals surface area contributed by atoms with Gasteiger partial charge < -0.3 is 9.72 Å². The monoisotopic (exact) mass is 371 g/mol. The molecule has 1 aromatic heterocycles. The maximum atomic E-state index is 12.7. The topological polar surface area (TPSA) is 93.3 Å². The maximum absolute atomic E-state index is 12.7. The number of Topliss-reactive ketones (excluding diaryl/α,β-unsaturated/α-hetero) is 1. The largest absolute Gasteiger partial charge is 0.451 e. The zero-order valence-electron chi connectivity index (χ0n) is 14.2. The first-order valence-electron chi connectivity index (χ1n) is 7.89. The van der Waals surface area contributed by atoms with E-state index >= 15 is 0 Å². The number of ketones is 1. The van der Waals surface area contributed by atoms with E-state index in [0.717, 1.165) is 17.2 Å². The Hall–Kier alpha value is -2.93. The molecule has 6 nitrogen and oxygen atoms in total. The predicted molar refractivity (Wildman–Crippen MR) is 97.1 cm³/mol. The smallest absolute Gasteiger partial charge is 0.340 e. The Balaban J connectivity index is 1.85. The molecule has 0 saturated heterocycles. The molecule has 1 heterocycles. The molecule has 0 fully saturated rings. The van der Waals surface area contributed by atoms with Crippen LogP contribution in [0.2, 0.25) is 0 Å². The first-order chi connectivity index (χ1) is 12.3. The van der Waals surface area contributed by atoms with Gasteiger partial charge >= 0.3 is 5.97 Å². The summed E-state index contributed by atoms with van der Waals surface area (Å²) in [6, 6.07) is 13.0. The minimum Gasteiger partial charge on any atom is -0.451 e. The highest BCUT2D eigenvalue weighted by Gasteiger charge is 2.25. The number of hydrogen-bond acceptors (Lipinski definition) is 5. The van der Waals surface area contributed by atoms with Crippen molar-refractivity contribution in [3.05, 3.63) is 65.9 Å². The highest BCUT2D eigenvalue weighted by molar-refractivity contribution is 7.90. The Morgan fingerprint density at radius 1 is 1.00 bits per heavy atom. The molecule has 0 bridgehead atoms. The average molecular weight is 371 g/mol. The Kier molecular flexibility index (Phi) is 4.65. The molecule has 3 rings (SSSR count). The first-order valence-corrected chi connectivity index (χ1v) is 9.78. The quantitative estimate of drug-likeness (QED) is 0.550. The number of nitrogens with one attached hydrogen (secondary N) is 1. The Labute approximate surface area is 150 Å². The highest BCUT2D eigenvalue weighted by atomic mass is 32.2. The fourth-order valence-corrected chi connectivity index (χ4v) is 3.61. The summed E-state index contributed by atoms with van der Waals surface area (Å²) < 4.78 is 28.9. The summed E-state index contributed by atoms with van der Waals surface area (Å²) in [6.07, 6.45) is 1.52. The molecule has 1 N–H and O–H groups in total. The molecule has 2 aromatic carbocycles. The number of aromatic nitrogens is 1. The fraction of sp³-hybridized carbons (Fsp3) is 0.158. The lowest BCUT2D eigenvalue weighted by molar-refractivity contribution is 0.0315. The number of ether oxygens (including phenoxy) is 1. The molecule has 26 heavy (non-hydrogen) atoms. The zero-order chi connectivity index (χ0) is 18.9. The van der Waals surface area contributed by atoms with Crippen LogP contribution in [-0.4, -0.2) is 37.5 Å². The van der Waals surface area contributed by atoms with Crippen LogP contribution in [0.4, 0.5) is 0 Å². The molecule has 0 amide bonds. The number of benzene rings is 2. The van der Waals surface area contributed by atoms with Gasteiger partial charge in [-0.15, -0.1) is 0 Å². The van der Waals surface area contributed by atoms with Gasteiger partial charge in [-0.1, -0.05) is 30.3 Å². The number of para-hydroxylation sites is 1. The Morgan fingerprint density at radius 2 is 1.65 bits per heavy atom. The average Bonchev–Trinajstić information content (AvgIpc) is 3.04.